The predicted molar refractivity (Wildman–Crippen MR) is 96.8 cm³/mol. The van der Waals surface area contributed by atoms with Crippen molar-refractivity contribution in [3.8, 4) is 5.69 Å². The molecule has 2 N–H and O–H groups in total. The number of benzene rings is 2. The Hall–Kier alpha value is -3.19. The maximum Gasteiger partial charge on any atom is 0.333 e. The first-order valence-electron chi connectivity index (χ1n) is 7.55. The zero-order valence-electron chi connectivity index (χ0n) is 13.5. The first kappa shape index (κ1) is 17.6. The SMILES string of the molecule is Cc1ccccc1NC(=O)c1c[nH]c(=O)n(-c2ccc(F)c(Cl)c2)c1=O. The van der Waals surface area contributed by atoms with Crippen molar-refractivity contribution in [3.63, 3.8) is 0 Å². The molecule has 0 radical (unpaired) electrons. The number of amides is 1. The van der Waals surface area contributed by atoms with Gasteiger partial charge in [-0.15, -0.1) is 0 Å². The number of hydrogen-bond acceptors (Lipinski definition) is 3. The van der Waals surface area contributed by atoms with Gasteiger partial charge in [-0.1, -0.05) is 29.8 Å². The van der Waals surface area contributed by atoms with Crippen molar-refractivity contribution >= 4 is 23.2 Å². The zero-order chi connectivity index (χ0) is 18.8. The smallest absolute Gasteiger partial charge is 0.322 e. The standard InChI is InChI=1S/C18H13ClFN3O3/c1-10-4-2-3-5-15(10)22-16(24)12-9-21-18(26)23(17(12)25)11-6-7-14(20)13(19)8-11/h2-9H,1H3,(H,21,26)(H,22,24). The molecule has 1 heterocycles. The first-order chi connectivity index (χ1) is 12.4. The Morgan fingerprint density at radius 1 is 1.19 bits per heavy atom. The van der Waals surface area contributed by atoms with Gasteiger partial charge in [0.05, 0.1) is 10.7 Å². The van der Waals surface area contributed by atoms with Crippen molar-refractivity contribution in [2.75, 3.05) is 5.32 Å². The van der Waals surface area contributed by atoms with Crippen LogP contribution in [0, 0.1) is 12.7 Å². The van der Waals surface area contributed by atoms with Gasteiger partial charge in [0.25, 0.3) is 11.5 Å². The number of nitrogens with one attached hydrogen (secondary N) is 2. The molecule has 1 amide bonds. The van der Waals surface area contributed by atoms with Crippen LogP contribution < -0.4 is 16.6 Å². The van der Waals surface area contributed by atoms with E-state index in [2.05, 4.69) is 10.3 Å². The third-order valence-corrected chi connectivity index (χ3v) is 4.07. The van der Waals surface area contributed by atoms with Gasteiger partial charge in [0.15, 0.2) is 0 Å². The number of aromatic nitrogens is 2. The van der Waals surface area contributed by atoms with E-state index in [1.165, 1.54) is 6.07 Å². The van der Waals surface area contributed by atoms with Crippen LogP contribution in [0.15, 0.2) is 58.3 Å². The highest BCUT2D eigenvalue weighted by Crippen LogP contribution is 2.17. The average Bonchev–Trinajstić information content (AvgIpc) is 2.60. The maximum atomic E-state index is 13.3. The molecule has 1 aromatic heterocycles. The summed E-state index contributed by atoms with van der Waals surface area (Å²) >= 11 is 5.71. The van der Waals surface area contributed by atoms with Crippen LogP contribution >= 0.6 is 11.6 Å². The topological polar surface area (TPSA) is 84.0 Å². The first-order valence-corrected chi connectivity index (χ1v) is 7.93. The Labute approximate surface area is 151 Å². The highest BCUT2D eigenvalue weighted by atomic mass is 35.5. The largest absolute Gasteiger partial charge is 0.333 e. The van der Waals surface area contributed by atoms with E-state index in [0.29, 0.717) is 5.69 Å². The fraction of sp³-hybridized carbons (Fsp3) is 0.0556. The normalized spacial score (nSPS) is 10.6. The Morgan fingerprint density at radius 2 is 1.92 bits per heavy atom. The average molecular weight is 374 g/mol. The number of nitrogens with zero attached hydrogens (tertiary/aromatic N) is 1. The van der Waals surface area contributed by atoms with Gasteiger partial charge in [-0.3, -0.25) is 9.59 Å². The second kappa shape index (κ2) is 6.97. The van der Waals surface area contributed by atoms with Gasteiger partial charge in [-0.25, -0.2) is 13.8 Å². The van der Waals surface area contributed by atoms with E-state index in [9.17, 15) is 18.8 Å². The number of rotatable bonds is 3. The lowest BCUT2D eigenvalue weighted by molar-refractivity contribution is 0.102. The van der Waals surface area contributed by atoms with Crippen molar-refractivity contribution in [2.45, 2.75) is 6.92 Å². The summed E-state index contributed by atoms with van der Waals surface area (Å²) in [4.78, 5) is 39.5. The van der Waals surface area contributed by atoms with Crippen molar-refractivity contribution in [2.24, 2.45) is 0 Å². The van der Waals surface area contributed by atoms with E-state index in [1.807, 2.05) is 6.07 Å². The molecule has 2 aromatic carbocycles. The molecule has 0 bridgehead atoms. The molecule has 0 aliphatic rings. The third kappa shape index (κ3) is 3.29. The number of carbonyl (C=O) groups excluding carboxylic acids is 1. The van der Waals surface area contributed by atoms with E-state index in [1.54, 1.807) is 25.1 Å². The van der Waals surface area contributed by atoms with Crippen molar-refractivity contribution in [1.29, 1.82) is 0 Å². The summed E-state index contributed by atoms with van der Waals surface area (Å²) in [7, 11) is 0. The van der Waals surface area contributed by atoms with E-state index < -0.39 is 23.0 Å². The van der Waals surface area contributed by atoms with E-state index in [0.717, 1.165) is 28.5 Å². The molecule has 0 unspecified atom stereocenters. The molecule has 0 spiro atoms. The zero-order valence-corrected chi connectivity index (χ0v) is 14.3. The third-order valence-electron chi connectivity index (χ3n) is 3.78. The van der Waals surface area contributed by atoms with Crippen LogP contribution in [0.1, 0.15) is 15.9 Å². The summed E-state index contributed by atoms with van der Waals surface area (Å²) in [6, 6.07) is 10.4. The van der Waals surface area contributed by atoms with Gasteiger partial charge in [-0.05, 0) is 36.8 Å². The highest BCUT2D eigenvalue weighted by Gasteiger charge is 2.17. The molecule has 0 aliphatic carbocycles. The number of para-hydroxylation sites is 1. The molecule has 0 aliphatic heterocycles. The quantitative estimate of drug-likeness (QED) is 0.740. The number of aryl methyl sites for hydroxylation is 1. The Kier molecular flexibility index (Phi) is 4.73. The fourth-order valence-electron chi connectivity index (χ4n) is 2.40. The number of carbonyl (C=O) groups is 1. The van der Waals surface area contributed by atoms with Crippen LogP contribution in [0.3, 0.4) is 0 Å². The summed E-state index contributed by atoms with van der Waals surface area (Å²) < 4.78 is 14.1. The lowest BCUT2D eigenvalue weighted by Crippen LogP contribution is -2.38. The van der Waals surface area contributed by atoms with Crippen LogP contribution in [0.5, 0.6) is 0 Å². The van der Waals surface area contributed by atoms with Gasteiger partial charge < -0.3 is 10.3 Å². The molecule has 8 heteroatoms. The summed E-state index contributed by atoms with van der Waals surface area (Å²) in [5, 5.41) is 2.38. The minimum atomic E-state index is -0.845. The van der Waals surface area contributed by atoms with E-state index in [4.69, 9.17) is 11.6 Å². The summed E-state index contributed by atoms with van der Waals surface area (Å²) in [6.45, 7) is 1.81. The molecule has 6 nitrogen and oxygen atoms in total. The summed E-state index contributed by atoms with van der Waals surface area (Å²) in [5.41, 5.74) is -0.482. The van der Waals surface area contributed by atoms with Crippen molar-refractivity contribution < 1.29 is 9.18 Å². The number of halogens is 2. The molecule has 0 atom stereocenters. The van der Waals surface area contributed by atoms with Crippen LogP contribution in [0.25, 0.3) is 5.69 Å². The monoisotopic (exact) mass is 373 g/mol. The molecule has 26 heavy (non-hydrogen) atoms. The van der Waals surface area contributed by atoms with Crippen molar-refractivity contribution in [3.05, 3.63) is 91.5 Å². The Bertz CT molecular complexity index is 1120. The van der Waals surface area contributed by atoms with Gasteiger partial charge in [0.2, 0.25) is 0 Å². The molecule has 0 fully saturated rings. The van der Waals surface area contributed by atoms with Crippen LogP contribution in [-0.4, -0.2) is 15.5 Å². The highest BCUT2D eigenvalue weighted by molar-refractivity contribution is 6.30. The Balaban J connectivity index is 2.06. The number of H-pyrrole nitrogens is 1. The number of aromatic amines is 1. The Morgan fingerprint density at radius 3 is 2.62 bits per heavy atom. The molecule has 3 rings (SSSR count). The predicted octanol–water partition coefficient (Wildman–Crippen LogP) is 2.88. The van der Waals surface area contributed by atoms with Crippen LogP contribution in [0.2, 0.25) is 5.02 Å². The summed E-state index contributed by atoms with van der Waals surface area (Å²) in [6.07, 6.45) is 1.04. The molecule has 132 valence electrons. The number of hydrogen-bond donors (Lipinski definition) is 2. The van der Waals surface area contributed by atoms with Crippen LogP contribution in [0.4, 0.5) is 10.1 Å². The minimum Gasteiger partial charge on any atom is -0.322 e. The minimum absolute atomic E-state index is 0.0493. The maximum absolute atomic E-state index is 13.3. The van der Waals surface area contributed by atoms with Gasteiger partial charge in [-0.2, -0.15) is 0 Å². The van der Waals surface area contributed by atoms with Gasteiger partial charge in [0.1, 0.15) is 11.4 Å². The molecular weight excluding hydrogens is 361 g/mol. The molecule has 0 saturated heterocycles. The molecule has 3 aromatic rings. The van der Waals surface area contributed by atoms with Crippen LogP contribution in [-0.2, 0) is 0 Å². The van der Waals surface area contributed by atoms with Crippen molar-refractivity contribution in [1.82, 2.24) is 9.55 Å². The van der Waals surface area contributed by atoms with Gasteiger partial charge >= 0.3 is 5.69 Å². The lowest BCUT2D eigenvalue weighted by atomic mass is 10.2. The lowest BCUT2D eigenvalue weighted by Gasteiger charge is -2.10. The second-order valence-electron chi connectivity index (χ2n) is 5.52. The molecular formula is C18H13ClFN3O3. The van der Waals surface area contributed by atoms with E-state index in [-0.39, 0.29) is 16.3 Å². The fourth-order valence-corrected chi connectivity index (χ4v) is 2.57. The second-order valence-corrected chi connectivity index (χ2v) is 5.92. The summed E-state index contributed by atoms with van der Waals surface area (Å²) in [5.74, 6) is -1.36. The van der Waals surface area contributed by atoms with Gasteiger partial charge in [0, 0.05) is 11.9 Å². The van der Waals surface area contributed by atoms with E-state index >= 15 is 0 Å². The molecule has 0 saturated carbocycles. The number of anilines is 1.